The molecule has 0 aliphatic carbocycles. The zero-order valence-electron chi connectivity index (χ0n) is 14.3. The Kier molecular flexibility index (Phi) is 4.71. The Hall–Kier alpha value is -2.66. The quantitative estimate of drug-likeness (QED) is 0.746. The van der Waals surface area contributed by atoms with Crippen LogP contribution >= 0.6 is 11.3 Å². The van der Waals surface area contributed by atoms with E-state index < -0.39 is 0 Å². The number of carbonyl (C=O) groups is 1. The summed E-state index contributed by atoms with van der Waals surface area (Å²) >= 11 is 1.54. The van der Waals surface area contributed by atoms with Gasteiger partial charge in [-0.15, -0.1) is 11.3 Å². The summed E-state index contributed by atoms with van der Waals surface area (Å²) in [5.74, 6) is 0.241. The molecule has 26 heavy (non-hydrogen) atoms. The number of phenolic OH excluding ortho intramolecular Hbond substituents is 1. The number of aromatic nitrogens is 1. The van der Waals surface area contributed by atoms with Crippen LogP contribution in [0, 0.1) is 0 Å². The number of aromatic hydroxyl groups is 1. The Morgan fingerprint density at radius 1 is 1.15 bits per heavy atom. The predicted octanol–water partition coefficient (Wildman–Crippen LogP) is 4.42. The maximum absolute atomic E-state index is 13.0. The normalized spacial score (nSPS) is 16.8. The van der Waals surface area contributed by atoms with Gasteiger partial charge >= 0.3 is 0 Å². The van der Waals surface area contributed by atoms with E-state index in [4.69, 9.17) is 0 Å². The van der Waals surface area contributed by atoms with E-state index in [1.165, 1.54) is 16.9 Å². The molecule has 0 bridgehead atoms. The summed E-state index contributed by atoms with van der Waals surface area (Å²) in [6, 6.07) is 17.4. The molecular formula is C21H20N2O2S. The Morgan fingerprint density at radius 2 is 1.92 bits per heavy atom. The number of benzene rings is 2. The molecule has 0 spiro atoms. The molecule has 2 aromatic carbocycles. The van der Waals surface area contributed by atoms with E-state index in [9.17, 15) is 9.90 Å². The van der Waals surface area contributed by atoms with Crippen LogP contribution in [0.4, 0.5) is 0 Å². The molecule has 1 N–H and O–H groups in total. The number of carbonyl (C=O) groups excluding carboxylic acids is 1. The zero-order valence-corrected chi connectivity index (χ0v) is 15.2. The van der Waals surface area contributed by atoms with Crippen LogP contribution < -0.4 is 0 Å². The number of thiazole rings is 1. The van der Waals surface area contributed by atoms with Gasteiger partial charge in [0.25, 0.3) is 5.91 Å². The van der Waals surface area contributed by atoms with Crippen LogP contribution in [0.1, 0.15) is 45.5 Å². The Morgan fingerprint density at radius 3 is 2.69 bits per heavy atom. The summed E-state index contributed by atoms with van der Waals surface area (Å²) in [6.07, 6.45) is 2.68. The van der Waals surface area contributed by atoms with Crippen molar-refractivity contribution in [3.63, 3.8) is 0 Å². The minimum Gasteiger partial charge on any atom is -0.508 e. The molecule has 1 atom stereocenters. The molecule has 2 heterocycles. The number of hydrogen-bond acceptors (Lipinski definition) is 4. The van der Waals surface area contributed by atoms with Gasteiger partial charge in [0, 0.05) is 18.3 Å². The Labute approximate surface area is 156 Å². The Balaban J connectivity index is 1.51. The number of rotatable bonds is 4. The summed E-state index contributed by atoms with van der Waals surface area (Å²) in [5, 5.41) is 12.3. The lowest BCUT2D eigenvalue weighted by molar-refractivity contribution is 0.0730. The predicted molar refractivity (Wildman–Crippen MR) is 102 cm³/mol. The van der Waals surface area contributed by atoms with Crippen LogP contribution in [0.3, 0.4) is 0 Å². The van der Waals surface area contributed by atoms with Crippen LogP contribution in [0.2, 0.25) is 0 Å². The first-order valence-corrected chi connectivity index (χ1v) is 9.67. The summed E-state index contributed by atoms with van der Waals surface area (Å²) in [5.41, 5.74) is 2.80. The fourth-order valence-electron chi connectivity index (χ4n) is 3.46. The molecule has 1 aliphatic rings. The van der Waals surface area contributed by atoms with Crippen LogP contribution in [-0.2, 0) is 6.42 Å². The van der Waals surface area contributed by atoms with Gasteiger partial charge in [-0.05, 0) is 36.1 Å². The van der Waals surface area contributed by atoms with Crippen molar-refractivity contribution < 1.29 is 9.90 Å². The lowest BCUT2D eigenvalue weighted by Crippen LogP contribution is -2.30. The van der Waals surface area contributed by atoms with Gasteiger partial charge in [0.1, 0.15) is 11.4 Å². The van der Waals surface area contributed by atoms with Crippen LogP contribution in [-0.4, -0.2) is 27.4 Å². The van der Waals surface area contributed by atoms with Crippen molar-refractivity contribution in [3.8, 4) is 5.75 Å². The second kappa shape index (κ2) is 7.30. The van der Waals surface area contributed by atoms with E-state index in [0.29, 0.717) is 5.69 Å². The largest absolute Gasteiger partial charge is 0.508 e. The van der Waals surface area contributed by atoms with E-state index >= 15 is 0 Å². The minimum absolute atomic E-state index is 0.00358. The molecule has 1 aliphatic heterocycles. The van der Waals surface area contributed by atoms with Gasteiger partial charge < -0.3 is 10.0 Å². The van der Waals surface area contributed by atoms with Crippen molar-refractivity contribution in [2.45, 2.75) is 25.3 Å². The summed E-state index contributed by atoms with van der Waals surface area (Å²) in [7, 11) is 0. The van der Waals surface area contributed by atoms with Gasteiger partial charge in [0.2, 0.25) is 0 Å². The third kappa shape index (κ3) is 3.48. The van der Waals surface area contributed by atoms with E-state index in [-0.39, 0.29) is 17.7 Å². The highest BCUT2D eigenvalue weighted by atomic mass is 32.1. The van der Waals surface area contributed by atoms with E-state index in [2.05, 4.69) is 17.1 Å². The number of phenols is 1. The van der Waals surface area contributed by atoms with Gasteiger partial charge in [-0.3, -0.25) is 4.79 Å². The summed E-state index contributed by atoms with van der Waals surface area (Å²) in [4.78, 5) is 19.5. The molecule has 4 nitrogen and oxygen atoms in total. The topological polar surface area (TPSA) is 53.4 Å². The smallest absolute Gasteiger partial charge is 0.273 e. The van der Waals surface area contributed by atoms with Gasteiger partial charge in [-0.1, -0.05) is 42.5 Å². The van der Waals surface area contributed by atoms with Gasteiger partial charge in [0.05, 0.1) is 11.0 Å². The number of nitrogens with zero attached hydrogens (tertiary/aromatic N) is 2. The van der Waals surface area contributed by atoms with Gasteiger partial charge in [-0.2, -0.15) is 0 Å². The van der Waals surface area contributed by atoms with E-state index in [1.54, 1.807) is 12.1 Å². The SMILES string of the molecule is O=C(c1csc(Cc2ccccc2)n1)N1CCC[C@@H]1c1ccc(O)cc1. The molecule has 1 fully saturated rings. The first-order chi connectivity index (χ1) is 12.7. The average Bonchev–Trinajstić information content (AvgIpc) is 3.32. The summed E-state index contributed by atoms with van der Waals surface area (Å²) in [6.45, 7) is 0.746. The first kappa shape index (κ1) is 16.8. The molecular weight excluding hydrogens is 344 g/mol. The van der Waals surface area contributed by atoms with Crippen LogP contribution in [0.25, 0.3) is 0 Å². The van der Waals surface area contributed by atoms with Gasteiger partial charge in [-0.25, -0.2) is 4.98 Å². The molecule has 5 heteroatoms. The molecule has 132 valence electrons. The standard InChI is InChI=1S/C21H20N2O2S/c24-17-10-8-16(9-11-17)19-7-4-12-23(19)21(25)18-14-26-20(22-18)13-15-5-2-1-3-6-15/h1-3,5-6,8-11,14,19,24H,4,7,12-13H2/t19-/m1/s1. The van der Waals surface area contributed by atoms with Crippen LogP contribution in [0.15, 0.2) is 60.0 Å². The highest BCUT2D eigenvalue weighted by Crippen LogP contribution is 2.34. The number of amides is 1. The highest BCUT2D eigenvalue weighted by molar-refractivity contribution is 7.09. The molecule has 0 radical (unpaired) electrons. The fraction of sp³-hybridized carbons (Fsp3) is 0.238. The van der Waals surface area contributed by atoms with Crippen molar-refractivity contribution >= 4 is 17.2 Å². The summed E-state index contributed by atoms with van der Waals surface area (Å²) < 4.78 is 0. The van der Waals surface area contributed by atoms with Crippen molar-refractivity contribution in [3.05, 3.63) is 81.8 Å². The Bertz CT molecular complexity index is 890. The molecule has 1 amide bonds. The van der Waals surface area contributed by atoms with Crippen LogP contribution in [0.5, 0.6) is 5.75 Å². The lowest BCUT2D eigenvalue weighted by atomic mass is 10.0. The van der Waals surface area contributed by atoms with E-state index in [0.717, 1.165) is 36.4 Å². The van der Waals surface area contributed by atoms with Crippen molar-refractivity contribution in [2.24, 2.45) is 0 Å². The van der Waals surface area contributed by atoms with E-state index in [1.807, 2.05) is 40.6 Å². The fourth-order valence-corrected chi connectivity index (χ4v) is 4.26. The van der Waals surface area contributed by atoms with Crippen molar-refractivity contribution in [1.82, 2.24) is 9.88 Å². The number of hydrogen-bond donors (Lipinski definition) is 1. The second-order valence-electron chi connectivity index (χ2n) is 6.54. The van der Waals surface area contributed by atoms with Gasteiger partial charge in [0.15, 0.2) is 0 Å². The molecule has 0 saturated carbocycles. The lowest BCUT2D eigenvalue weighted by Gasteiger charge is -2.24. The maximum atomic E-state index is 13.0. The van der Waals surface area contributed by atoms with Crippen molar-refractivity contribution in [1.29, 1.82) is 0 Å². The molecule has 1 saturated heterocycles. The molecule has 0 unspecified atom stereocenters. The zero-order chi connectivity index (χ0) is 17.9. The third-order valence-electron chi connectivity index (χ3n) is 4.76. The first-order valence-electron chi connectivity index (χ1n) is 8.79. The molecule has 4 rings (SSSR count). The number of likely N-dealkylation sites (tertiary alicyclic amines) is 1. The third-order valence-corrected chi connectivity index (χ3v) is 5.61. The highest BCUT2D eigenvalue weighted by Gasteiger charge is 2.31. The van der Waals surface area contributed by atoms with Crippen molar-refractivity contribution in [2.75, 3.05) is 6.54 Å². The monoisotopic (exact) mass is 364 g/mol. The second-order valence-corrected chi connectivity index (χ2v) is 7.48. The molecule has 1 aromatic heterocycles. The average molecular weight is 364 g/mol. The minimum atomic E-state index is -0.00358. The maximum Gasteiger partial charge on any atom is 0.273 e. The molecule has 3 aromatic rings.